The number of carbonyl (C=O) groups is 1. The van der Waals surface area contributed by atoms with Crippen molar-refractivity contribution in [2.75, 3.05) is 6.61 Å². The van der Waals surface area contributed by atoms with Crippen LogP contribution in [-0.4, -0.2) is 12.7 Å². The predicted octanol–water partition coefficient (Wildman–Crippen LogP) is 4.93. The van der Waals surface area contributed by atoms with E-state index in [9.17, 15) is 18.0 Å². The Balaban J connectivity index is 1.95. The summed E-state index contributed by atoms with van der Waals surface area (Å²) in [5.74, 6) is 0.521. The number of benzene rings is 2. The molecule has 3 rings (SSSR count). The van der Waals surface area contributed by atoms with Gasteiger partial charge in [-0.05, 0) is 29.3 Å². The van der Waals surface area contributed by atoms with Crippen molar-refractivity contribution in [1.82, 2.24) is 0 Å². The molecular formula is C19H18F3NO3. The Hall–Kier alpha value is -2.70. The fourth-order valence-corrected chi connectivity index (χ4v) is 3.01. The lowest BCUT2D eigenvalue weighted by Gasteiger charge is -2.38. The molecule has 1 amide bonds. The number of primary amides is 1. The molecule has 7 heteroatoms. The molecule has 26 heavy (non-hydrogen) atoms. The number of alkyl halides is 3. The molecule has 0 fully saturated rings. The van der Waals surface area contributed by atoms with Gasteiger partial charge in [0.05, 0.1) is 12.2 Å². The van der Waals surface area contributed by atoms with E-state index in [-0.39, 0.29) is 0 Å². The van der Waals surface area contributed by atoms with E-state index < -0.39 is 29.4 Å². The molecule has 4 nitrogen and oxygen atoms in total. The number of hydrogen-bond donors (Lipinski definition) is 1. The van der Waals surface area contributed by atoms with Crippen molar-refractivity contribution in [1.29, 1.82) is 0 Å². The van der Waals surface area contributed by atoms with Crippen LogP contribution >= 0.6 is 0 Å². The Morgan fingerprint density at radius 3 is 2.35 bits per heavy atom. The molecule has 0 spiro atoms. The zero-order valence-electron chi connectivity index (χ0n) is 14.3. The lowest BCUT2D eigenvalue weighted by atomic mass is 9.80. The molecule has 0 aromatic heterocycles. The van der Waals surface area contributed by atoms with Gasteiger partial charge in [-0.15, -0.1) is 0 Å². The zero-order valence-corrected chi connectivity index (χ0v) is 14.3. The van der Waals surface area contributed by atoms with Gasteiger partial charge < -0.3 is 15.2 Å². The van der Waals surface area contributed by atoms with Gasteiger partial charge >= 0.3 is 12.3 Å². The number of fused-ring (bicyclic) bond motifs is 1. The molecule has 0 radical (unpaired) electrons. The van der Waals surface area contributed by atoms with Gasteiger partial charge in [0.1, 0.15) is 11.9 Å². The lowest BCUT2D eigenvalue weighted by Crippen LogP contribution is -2.37. The first kappa shape index (κ1) is 18.1. The second-order valence-corrected chi connectivity index (χ2v) is 6.92. The van der Waals surface area contributed by atoms with Crippen LogP contribution in [0, 0.1) is 5.41 Å². The Morgan fingerprint density at radius 2 is 1.77 bits per heavy atom. The van der Waals surface area contributed by atoms with E-state index in [0.717, 1.165) is 12.1 Å². The second-order valence-electron chi connectivity index (χ2n) is 6.92. The average molecular weight is 365 g/mol. The third-order valence-corrected chi connectivity index (χ3v) is 4.39. The van der Waals surface area contributed by atoms with Gasteiger partial charge in [-0.1, -0.05) is 38.1 Å². The molecular weight excluding hydrogens is 347 g/mol. The summed E-state index contributed by atoms with van der Waals surface area (Å²) in [5.41, 5.74) is 6.02. The van der Waals surface area contributed by atoms with Crippen LogP contribution in [0.5, 0.6) is 5.75 Å². The standard InChI is InChI=1S/C19H18F3NO3/c1-18(2)10-25-15-9-12(5-8-14(15)16(18)26-17(23)24)11-3-6-13(7-4-11)19(20,21)22/h3-9,16H,10H2,1-2H3,(H2,23,24). The first-order valence-corrected chi connectivity index (χ1v) is 7.98. The Kier molecular flexibility index (Phi) is 4.34. The van der Waals surface area contributed by atoms with Crippen LogP contribution in [0.25, 0.3) is 11.1 Å². The molecule has 2 N–H and O–H groups in total. The van der Waals surface area contributed by atoms with E-state index in [4.69, 9.17) is 15.2 Å². The summed E-state index contributed by atoms with van der Waals surface area (Å²) in [6, 6.07) is 10.1. The van der Waals surface area contributed by atoms with Crippen LogP contribution < -0.4 is 10.5 Å². The van der Waals surface area contributed by atoms with E-state index in [2.05, 4.69) is 0 Å². The average Bonchev–Trinajstić information content (AvgIpc) is 2.56. The molecule has 1 aliphatic rings. The summed E-state index contributed by atoms with van der Waals surface area (Å²) in [7, 11) is 0. The summed E-state index contributed by atoms with van der Waals surface area (Å²) in [4.78, 5) is 11.2. The number of halogens is 3. The van der Waals surface area contributed by atoms with Crippen molar-refractivity contribution in [2.24, 2.45) is 11.1 Å². The molecule has 1 unspecified atom stereocenters. The number of ether oxygens (including phenoxy) is 2. The second kappa shape index (κ2) is 6.23. The van der Waals surface area contributed by atoms with Crippen molar-refractivity contribution < 1.29 is 27.4 Å². The van der Waals surface area contributed by atoms with Crippen LogP contribution in [0.1, 0.15) is 31.1 Å². The minimum Gasteiger partial charge on any atom is -0.492 e. The van der Waals surface area contributed by atoms with Gasteiger partial charge in [-0.3, -0.25) is 0 Å². The molecule has 138 valence electrons. The monoisotopic (exact) mass is 365 g/mol. The highest BCUT2D eigenvalue weighted by atomic mass is 19.4. The molecule has 0 bridgehead atoms. The van der Waals surface area contributed by atoms with Crippen LogP contribution in [-0.2, 0) is 10.9 Å². The van der Waals surface area contributed by atoms with E-state index in [1.165, 1.54) is 12.1 Å². The summed E-state index contributed by atoms with van der Waals surface area (Å²) in [5, 5.41) is 0. The largest absolute Gasteiger partial charge is 0.492 e. The molecule has 1 atom stereocenters. The Labute approximate surface area is 148 Å². The van der Waals surface area contributed by atoms with E-state index in [0.29, 0.717) is 29.0 Å². The molecule has 2 aromatic carbocycles. The smallest absolute Gasteiger partial charge is 0.416 e. The summed E-state index contributed by atoms with van der Waals surface area (Å²) < 4.78 is 49.1. The van der Waals surface area contributed by atoms with Gasteiger partial charge in [-0.25, -0.2) is 4.79 Å². The molecule has 1 heterocycles. The fraction of sp³-hybridized carbons (Fsp3) is 0.316. The summed E-state index contributed by atoms with van der Waals surface area (Å²) in [6.07, 6.45) is -5.81. The first-order valence-electron chi connectivity index (χ1n) is 7.98. The van der Waals surface area contributed by atoms with Gasteiger partial charge in [-0.2, -0.15) is 13.2 Å². The van der Waals surface area contributed by atoms with Gasteiger partial charge in [0.2, 0.25) is 0 Å². The van der Waals surface area contributed by atoms with Crippen LogP contribution in [0.15, 0.2) is 42.5 Å². The maximum Gasteiger partial charge on any atom is 0.416 e. The normalized spacial score (nSPS) is 18.6. The third kappa shape index (κ3) is 3.47. The van der Waals surface area contributed by atoms with Crippen molar-refractivity contribution in [2.45, 2.75) is 26.1 Å². The molecule has 2 aromatic rings. The number of carbonyl (C=O) groups excluding carboxylic acids is 1. The van der Waals surface area contributed by atoms with Crippen molar-refractivity contribution in [3.05, 3.63) is 53.6 Å². The quantitative estimate of drug-likeness (QED) is 0.821. The van der Waals surface area contributed by atoms with Crippen molar-refractivity contribution in [3.8, 4) is 16.9 Å². The fourth-order valence-electron chi connectivity index (χ4n) is 3.01. The number of amides is 1. The molecule has 0 saturated heterocycles. The topological polar surface area (TPSA) is 61.6 Å². The highest BCUT2D eigenvalue weighted by Gasteiger charge is 2.40. The predicted molar refractivity (Wildman–Crippen MR) is 89.6 cm³/mol. The maximum absolute atomic E-state index is 12.7. The Morgan fingerprint density at radius 1 is 1.15 bits per heavy atom. The van der Waals surface area contributed by atoms with E-state index >= 15 is 0 Å². The van der Waals surface area contributed by atoms with Gasteiger partial charge in [0.15, 0.2) is 0 Å². The highest BCUT2D eigenvalue weighted by Crippen LogP contribution is 2.46. The highest BCUT2D eigenvalue weighted by molar-refractivity contribution is 5.68. The number of nitrogens with two attached hydrogens (primary N) is 1. The zero-order chi connectivity index (χ0) is 19.1. The SMILES string of the molecule is CC1(C)COc2cc(-c3ccc(C(F)(F)F)cc3)ccc2C1OC(N)=O. The van der Waals surface area contributed by atoms with Crippen molar-refractivity contribution >= 4 is 6.09 Å². The lowest BCUT2D eigenvalue weighted by molar-refractivity contribution is -0.137. The number of hydrogen-bond acceptors (Lipinski definition) is 3. The van der Waals surface area contributed by atoms with Crippen molar-refractivity contribution in [3.63, 3.8) is 0 Å². The van der Waals surface area contributed by atoms with Gasteiger partial charge in [0.25, 0.3) is 0 Å². The maximum atomic E-state index is 12.7. The third-order valence-electron chi connectivity index (χ3n) is 4.39. The molecule has 0 aliphatic carbocycles. The van der Waals surface area contributed by atoms with Crippen LogP contribution in [0.2, 0.25) is 0 Å². The van der Waals surface area contributed by atoms with Crippen LogP contribution in [0.4, 0.5) is 18.0 Å². The minimum atomic E-state index is -4.37. The van der Waals surface area contributed by atoms with E-state index in [1.54, 1.807) is 18.2 Å². The van der Waals surface area contributed by atoms with Crippen LogP contribution in [0.3, 0.4) is 0 Å². The summed E-state index contributed by atoms with van der Waals surface area (Å²) in [6.45, 7) is 4.11. The summed E-state index contributed by atoms with van der Waals surface area (Å²) >= 11 is 0. The Bertz CT molecular complexity index is 829. The molecule has 0 saturated carbocycles. The van der Waals surface area contributed by atoms with E-state index in [1.807, 2.05) is 13.8 Å². The molecule has 1 aliphatic heterocycles. The minimum absolute atomic E-state index is 0.314. The number of rotatable bonds is 2. The first-order chi connectivity index (χ1) is 12.1. The van der Waals surface area contributed by atoms with Gasteiger partial charge in [0, 0.05) is 11.0 Å².